The number of fused-ring (bicyclic) bond motifs is 1. The van der Waals surface area contributed by atoms with E-state index in [1.807, 2.05) is 61.5 Å². The third-order valence-corrected chi connectivity index (χ3v) is 5.82. The molecule has 166 valence electrons. The van der Waals surface area contributed by atoms with Crippen molar-refractivity contribution in [3.63, 3.8) is 0 Å². The second-order valence-electron chi connectivity index (χ2n) is 8.05. The molecular formula is C27H24N2O4. The van der Waals surface area contributed by atoms with Crippen LogP contribution >= 0.6 is 0 Å². The lowest BCUT2D eigenvalue weighted by Crippen LogP contribution is -2.16. The van der Waals surface area contributed by atoms with Gasteiger partial charge in [0.1, 0.15) is 23.2 Å². The number of nitrogens with zero attached hydrogens (tertiary/aromatic N) is 1. The molecule has 4 aromatic rings. The smallest absolute Gasteiger partial charge is 0.412 e. The molecule has 1 aliphatic rings. The van der Waals surface area contributed by atoms with Gasteiger partial charge in [0.15, 0.2) is 5.76 Å². The quantitative estimate of drug-likeness (QED) is 0.380. The van der Waals surface area contributed by atoms with Crippen LogP contribution in [-0.4, -0.2) is 17.9 Å². The van der Waals surface area contributed by atoms with Crippen LogP contribution in [-0.2, 0) is 11.2 Å². The van der Waals surface area contributed by atoms with E-state index in [1.165, 1.54) is 5.56 Å². The van der Waals surface area contributed by atoms with Crippen LogP contribution in [0.25, 0.3) is 22.5 Å². The van der Waals surface area contributed by atoms with Crippen molar-refractivity contribution < 1.29 is 18.8 Å². The molecule has 5 rings (SSSR count). The van der Waals surface area contributed by atoms with Gasteiger partial charge in [-0.1, -0.05) is 71.9 Å². The average molecular weight is 440 g/mol. The van der Waals surface area contributed by atoms with E-state index < -0.39 is 6.09 Å². The maximum atomic E-state index is 12.5. The summed E-state index contributed by atoms with van der Waals surface area (Å²) in [6.45, 7) is 4.35. The van der Waals surface area contributed by atoms with E-state index in [4.69, 9.17) is 14.0 Å². The number of amides is 1. The van der Waals surface area contributed by atoms with Crippen molar-refractivity contribution in [1.82, 2.24) is 5.16 Å². The Morgan fingerprint density at radius 2 is 1.73 bits per heavy atom. The van der Waals surface area contributed by atoms with Crippen LogP contribution in [0.3, 0.4) is 0 Å². The number of nitrogens with one attached hydrogen (secondary N) is 1. The van der Waals surface area contributed by atoms with Gasteiger partial charge < -0.3 is 14.0 Å². The van der Waals surface area contributed by atoms with Gasteiger partial charge in [-0.25, -0.2) is 4.79 Å². The summed E-state index contributed by atoms with van der Waals surface area (Å²) in [6.07, 6.45) is 0.0147. The van der Waals surface area contributed by atoms with Crippen LogP contribution in [0.4, 0.5) is 10.5 Å². The van der Waals surface area contributed by atoms with Gasteiger partial charge in [0, 0.05) is 12.0 Å². The summed E-state index contributed by atoms with van der Waals surface area (Å²) in [4.78, 5) is 12.5. The van der Waals surface area contributed by atoms with Crippen molar-refractivity contribution in [2.45, 2.75) is 26.4 Å². The molecule has 2 heterocycles. The molecule has 0 fully saturated rings. The van der Waals surface area contributed by atoms with Crippen LogP contribution in [0, 0.1) is 6.92 Å². The van der Waals surface area contributed by atoms with Gasteiger partial charge in [-0.2, -0.15) is 0 Å². The normalized spacial score (nSPS) is 13.2. The van der Waals surface area contributed by atoms with Crippen molar-refractivity contribution in [2.75, 3.05) is 11.9 Å². The van der Waals surface area contributed by atoms with Gasteiger partial charge >= 0.3 is 6.09 Å². The summed E-state index contributed by atoms with van der Waals surface area (Å²) in [5.41, 5.74) is 6.21. The minimum absolute atomic E-state index is 0.384. The molecule has 0 saturated heterocycles. The third-order valence-electron chi connectivity index (χ3n) is 5.82. The number of carbonyl (C=O) groups is 1. The van der Waals surface area contributed by atoms with Crippen LogP contribution in [0.2, 0.25) is 0 Å². The third kappa shape index (κ3) is 4.32. The standard InChI is InChI=1S/C27H24N2O4/c1-17-25(28-27(30)32-18(2)19-6-4-3-5-7-19)26(33-29-17)22-11-8-20(9-12-22)23-13-10-21-14-15-31-24(21)16-23/h3-13,16,18H,14-15H2,1-2H3,(H,28,30). The summed E-state index contributed by atoms with van der Waals surface area (Å²) in [7, 11) is 0. The van der Waals surface area contributed by atoms with E-state index in [0.717, 1.165) is 41.0 Å². The fourth-order valence-electron chi connectivity index (χ4n) is 3.96. The zero-order chi connectivity index (χ0) is 22.8. The second kappa shape index (κ2) is 8.82. The Labute approximate surface area is 192 Å². The fraction of sp³-hybridized carbons (Fsp3) is 0.185. The average Bonchev–Trinajstić information content (AvgIpc) is 3.46. The first-order valence-corrected chi connectivity index (χ1v) is 10.9. The lowest BCUT2D eigenvalue weighted by molar-refractivity contribution is 0.121. The predicted molar refractivity (Wildman–Crippen MR) is 126 cm³/mol. The summed E-state index contributed by atoms with van der Waals surface area (Å²) < 4.78 is 16.8. The molecule has 0 spiro atoms. The molecule has 1 N–H and O–H groups in total. The molecule has 1 aromatic heterocycles. The van der Waals surface area contributed by atoms with Gasteiger partial charge in [0.05, 0.1) is 6.61 Å². The summed E-state index contributed by atoms with van der Waals surface area (Å²) in [6, 6.07) is 23.8. The SMILES string of the molecule is Cc1noc(-c2ccc(-c3ccc4c(c3)OCC4)cc2)c1NC(=O)OC(C)c1ccccc1. The zero-order valence-corrected chi connectivity index (χ0v) is 18.5. The highest BCUT2D eigenvalue weighted by atomic mass is 16.6. The van der Waals surface area contributed by atoms with E-state index in [-0.39, 0.29) is 6.10 Å². The molecular weight excluding hydrogens is 416 g/mol. The second-order valence-corrected chi connectivity index (χ2v) is 8.05. The number of aryl methyl sites for hydroxylation is 1. The first-order valence-electron chi connectivity index (χ1n) is 10.9. The Morgan fingerprint density at radius 1 is 1.00 bits per heavy atom. The maximum absolute atomic E-state index is 12.5. The van der Waals surface area contributed by atoms with E-state index in [1.54, 1.807) is 6.92 Å². The monoisotopic (exact) mass is 440 g/mol. The van der Waals surface area contributed by atoms with E-state index in [0.29, 0.717) is 17.1 Å². The number of ether oxygens (including phenoxy) is 2. The Bertz CT molecular complexity index is 1280. The van der Waals surface area contributed by atoms with Crippen LogP contribution < -0.4 is 10.1 Å². The number of benzene rings is 3. The molecule has 6 nitrogen and oxygen atoms in total. The maximum Gasteiger partial charge on any atom is 0.412 e. The van der Waals surface area contributed by atoms with Crippen molar-refractivity contribution >= 4 is 11.8 Å². The topological polar surface area (TPSA) is 73.6 Å². The molecule has 1 unspecified atom stereocenters. The number of aromatic nitrogens is 1. The molecule has 0 bridgehead atoms. The van der Waals surface area contributed by atoms with Crippen LogP contribution in [0.5, 0.6) is 5.75 Å². The van der Waals surface area contributed by atoms with Crippen molar-refractivity contribution in [1.29, 1.82) is 0 Å². The lowest BCUT2D eigenvalue weighted by Gasteiger charge is -2.14. The van der Waals surface area contributed by atoms with Crippen LogP contribution in [0.15, 0.2) is 77.3 Å². The highest BCUT2D eigenvalue weighted by Crippen LogP contribution is 2.35. The highest BCUT2D eigenvalue weighted by Gasteiger charge is 2.20. The van der Waals surface area contributed by atoms with Gasteiger partial charge in [0.25, 0.3) is 0 Å². The predicted octanol–water partition coefficient (Wildman–Crippen LogP) is 6.56. The summed E-state index contributed by atoms with van der Waals surface area (Å²) >= 11 is 0. The lowest BCUT2D eigenvalue weighted by atomic mass is 10.0. The molecule has 0 saturated carbocycles. The van der Waals surface area contributed by atoms with Crippen LogP contribution in [0.1, 0.15) is 29.8 Å². The molecule has 6 heteroatoms. The first kappa shape index (κ1) is 20.8. The molecule has 33 heavy (non-hydrogen) atoms. The Hall–Kier alpha value is -4.06. The fourth-order valence-corrected chi connectivity index (χ4v) is 3.96. The largest absolute Gasteiger partial charge is 0.493 e. The number of hydrogen-bond donors (Lipinski definition) is 1. The van der Waals surface area contributed by atoms with E-state index in [9.17, 15) is 4.79 Å². The van der Waals surface area contributed by atoms with E-state index in [2.05, 4.69) is 28.7 Å². The molecule has 0 radical (unpaired) electrons. The highest BCUT2D eigenvalue weighted by molar-refractivity contribution is 5.91. The first-order chi connectivity index (χ1) is 16.1. The van der Waals surface area contributed by atoms with Gasteiger partial charge in [-0.3, -0.25) is 5.32 Å². The molecule has 1 aliphatic heterocycles. The zero-order valence-electron chi connectivity index (χ0n) is 18.5. The summed E-state index contributed by atoms with van der Waals surface area (Å²) in [5.74, 6) is 1.44. The molecule has 1 atom stereocenters. The molecule has 3 aromatic carbocycles. The van der Waals surface area contributed by atoms with Gasteiger partial charge in [-0.15, -0.1) is 0 Å². The number of rotatable bonds is 5. The Balaban J connectivity index is 1.33. The number of carbonyl (C=O) groups excluding carboxylic acids is 1. The van der Waals surface area contributed by atoms with Gasteiger partial charge in [0.2, 0.25) is 0 Å². The molecule has 0 aliphatic carbocycles. The minimum atomic E-state index is -0.561. The Morgan fingerprint density at radius 3 is 2.52 bits per heavy atom. The van der Waals surface area contributed by atoms with Crippen molar-refractivity contribution in [2.24, 2.45) is 0 Å². The van der Waals surface area contributed by atoms with Crippen molar-refractivity contribution in [3.8, 4) is 28.2 Å². The Kier molecular flexibility index (Phi) is 5.57. The minimum Gasteiger partial charge on any atom is -0.493 e. The van der Waals surface area contributed by atoms with Gasteiger partial charge in [-0.05, 0) is 42.2 Å². The number of hydrogen-bond acceptors (Lipinski definition) is 5. The van der Waals surface area contributed by atoms with Crippen molar-refractivity contribution in [3.05, 3.63) is 89.6 Å². The van der Waals surface area contributed by atoms with E-state index >= 15 is 0 Å². The summed E-state index contributed by atoms with van der Waals surface area (Å²) in [5, 5.41) is 6.84. The number of anilines is 1. The molecule has 1 amide bonds.